The van der Waals surface area contributed by atoms with Gasteiger partial charge in [-0.25, -0.2) is 0 Å². The molecule has 0 rings (SSSR count). The molecule has 0 fully saturated rings. The van der Waals surface area contributed by atoms with Crippen LogP contribution in [0, 0.1) is 12.3 Å². The van der Waals surface area contributed by atoms with Gasteiger partial charge in [-0.15, -0.1) is 6.42 Å². The maximum absolute atomic E-state index is 5.19. The van der Waals surface area contributed by atoms with E-state index >= 15 is 0 Å². The average molecular weight is 138 g/mol. The molecule has 0 aromatic heterocycles. The van der Waals surface area contributed by atoms with Crippen molar-refractivity contribution in [2.24, 2.45) is 0 Å². The first-order valence-corrected chi connectivity index (χ1v) is 3.37. The van der Waals surface area contributed by atoms with Gasteiger partial charge in [0, 0.05) is 0 Å². The Morgan fingerprint density at radius 1 is 1.70 bits per heavy atom. The van der Waals surface area contributed by atoms with Crippen LogP contribution in [0.2, 0.25) is 0 Å². The number of hydrogen-bond donors (Lipinski definition) is 0. The zero-order valence-corrected chi connectivity index (χ0v) is 6.85. The third kappa shape index (κ3) is 5.40. The number of allylic oxidation sites excluding steroid dienone is 1. The first kappa shape index (κ1) is 9.26. The van der Waals surface area contributed by atoms with Crippen molar-refractivity contribution in [1.29, 1.82) is 0 Å². The fourth-order valence-corrected chi connectivity index (χ4v) is 0.697. The van der Waals surface area contributed by atoms with Crippen molar-refractivity contribution in [3.63, 3.8) is 0 Å². The SMILES string of the molecule is C#CCOC(C)C=C(C)C. The Labute approximate surface area is 63.1 Å². The Hall–Kier alpha value is -0.740. The number of terminal acetylenes is 1. The van der Waals surface area contributed by atoms with Crippen LogP contribution in [-0.2, 0) is 4.74 Å². The van der Waals surface area contributed by atoms with E-state index in [4.69, 9.17) is 11.2 Å². The molecule has 1 unspecified atom stereocenters. The van der Waals surface area contributed by atoms with Crippen molar-refractivity contribution in [3.8, 4) is 12.3 Å². The van der Waals surface area contributed by atoms with Crippen LogP contribution in [0.4, 0.5) is 0 Å². The molecule has 0 heterocycles. The van der Waals surface area contributed by atoms with Gasteiger partial charge in [0.2, 0.25) is 0 Å². The van der Waals surface area contributed by atoms with Gasteiger partial charge in [0.15, 0.2) is 0 Å². The zero-order chi connectivity index (χ0) is 7.98. The molecule has 0 saturated carbocycles. The van der Waals surface area contributed by atoms with E-state index in [-0.39, 0.29) is 6.10 Å². The first-order chi connectivity index (χ1) is 4.66. The van der Waals surface area contributed by atoms with E-state index in [9.17, 15) is 0 Å². The van der Waals surface area contributed by atoms with Gasteiger partial charge >= 0.3 is 0 Å². The highest BCUT2D eigenvalue weighted by atomic mass is 16.5. The number of ether oxygens (including phenoxy) is 1. The molecule has 10 heavy (non-hydrogen) atoms. The summed E-state index contributed by atoms with van der Waals surface area (Å²) < 4.78 is 5.19. The maximum atomic E-state index is 5.19. The maximum Gasteiger partial charge on any atom is 0.108 e. The summed E-state index contributed by atoms with van der Waals surface area (Å²) in [6.45, 7) is 6.45. The highest BCUT2D eigenvalue weighted by Crippen LogP contribution is 1.97. The van der Waals surface area contributed by atoms with Crippen LogP contribution in [-0.4, -0.2) is 12.7 Å². The lowest BCUT2D eigenvalue weighted by molar-refractivity contribution is 0.127. The summed E-state index contributed by atoms with van der Waals surface area (Å²) in [5.74, 6) is 2.42. The average Bonchev–Trinajstić information content (AvgIpc) is 1.82. The summed E-state index contributed by atoms with van der Waals surface area (Å²) in [6.07, 6.45) is 7.19. The van der Waals surface area contributed by atoms with Crippen LogP contribution >= 0.6 is 0 Å². The second-order valence-electron chi connectivity index (χ2n) is 2.46. The molecule has 0 radical (unpaired) electrons. The zero-order valence-electron chi connectivity index (χ0n) is 6.85. The molecule has 0 N–H and O–H groups in total. The summed E-state index contributed by atoms with van der Waals surface area (Å²) in [6, 6.07) is 0. The summed E-state index contributed by atoms with van der Waals surface area (Å²) in [4.78, 5) is 0. The van der Waals surface area contributed by atoms with E-state index in [1.165, 1.54) is 5.57 Å². The van der Waals surface area contributed by atoms with Gasteiger partial charge in [0.25, 0.3) is 0 Å². The molecule has 0 saturated heterocycles. The molecule has 0 aliphatic heterocycles. The molecule has 0 amide bonds. The van der Waals surface area contributed by atoms with E-state index in [0.717, 1.165) is 0 Å². The smallest absolute Gasteiger partial charge is 0.108 e. The molecule has 1 nitrogen and oxygen atoms in total. The summed E-state index contributed by atoms with van der Waals surface area (Å²) in [7, 11) is 0. The lowest BCUT2D eigenvalue weighted by Gasteiger charge is -2.05. The minimum absolute atomic E-state index is 0.140. The Bertz CT molecular complexity index is 147. The third-order valence-corrected chi connectivity index (χ3v) is 0.998. The normalized spacial score (nSPS) is 11.8. The van der Waals surface area contributed by atoms with Crippen LogP contribution < -0.4 is 0 Å². The topological polar surface area (TPSA) is 9.23 Å². The van der Waals surface area contributed by atoms with E-state index in [1.54, 1.807) is 0 Å². The second-order valence-corrected chi connectivity index (χ2v) is 2.46. The lowest BCUT2D eigenvalue weighted by atomic mass is 10.2. The predicted octanol–water partition coefficient (Wildman–Crippen LogP) is 1.99. The molecule has 0 aliphatic rings. The standard InChI is InChI=1S/C9H14O/c1-5-6-10-9(4)7-8(2)3/h1,7,9H,6H2,2-4H3. The van der Waals surface area contributed by atoms with E-state index in [0.29, 0.717) is 6.61 Å². The van der Waals surface area contributed by atoms with Crippen molar-refractivity contribution in [3.05, 3.63) is 11.6 Å². The molecule has 0 spiro atoms. The van der Waals surface area contributed by atoms with Gasteiger partial charge in [-0.2, -0.15) is 0 Å². The molecular weight excluding hydrogens is 124 g/mol. The third-order valence-electron chi connectivity index (χ3n) is 0.998. The fraction of sp³-hybridized carbons (Fsp3) is 0.556. The quantitative estimate of drug-likeness (QED) is 0.428. The minimum Gasteiger partial charge on any atom is -0.362 e. The molecule has 0 aromatic rings. The highest BCUT2D eigenvalue weighted by Gasteiger charge is 1.93. The van der Waals surface area contributed by atoms with Crippen LogP contribution in [0.15, 0.2) is 11.6 Å². The highest BCUT2D eigenvalue weighted by molar-refractivity contribution is 4.97. The Morgan fingerprint density at radius 2 is 2.30 bits per heavy atom. The van der Waals surface area contributed by atoms with Crippen molar-refractivity contribution in [2.45, 2.75) is 26.9 Å². The van der Waals surface area contributed by atoms with Gasteiger partial charge in [-0.3, -0.25) is 0 Å². The van der Waals surface area contributed by atoms with Gasteiger partial charge < -0.3 is 4.74 Å². The summed E-state index contributed by atoms with van der Waals surface area (Å²) in [5.41, 5.74) is 1.25. The first-order valence-electron chi connectivity index (χ1n) is 3.37. The summed E-state index contributed by atoms with van der Waals surface area (Å²) >= 11 is 0. The molecule has 56 valence electrons. The molecule has 0 aromatic carbocycles. The minimum atomic E-state index is 0.140. The van der Waals surface area contributed by atoms with E-state index in [1.807, 2.05) is 26.8 Å². The van der Waals surface area contributed by atoms with Crippen LogP contribution in [0.5, 0.6) is 0 Å². The van der Waals surface area contributed by atoms with Crippen molar-refractivity contribution in [2.75, 3.05) is 6.61 Å². The van der Waals surface area contributed by atoms with Gasteiger partial charge in [0.05, 0.1) is 6.10 Å². The van der Waals surface area contributed by atoms with Crippen LogP contribution in [0.3, 0.4) is 0 Å². The largest absolute Gasteiger partial charge is 0.362 e. The predicted molar refractivity (Wildman–Crippen MR) is 43.7 cm³/mol. The van der Waals surface area contributed by atoms with Crippen molar-refractivity contribution in [1.82, 2.24) is 0 Å². The van der Waals surface area contributed by atoms with E-state index in [2.05, 4.69) is 5.92 Å². The van der Waals surface area contributed by atoms with Gasteiger partial charge in [-0.1, -0.05) is 17.6 Å². The monoisotopic (exact) mass is 138 g/mol. The number of rotatable bonds is 3. The summed E-state index contributed by atoms with van der Waals surface area (Å²) in [5, 5.41) is 0. The molecule has 1 heteroatoms. The Balaban J connectivity index is 3.55. The van der Waals surface area contributed by atoms with Crippen molar-refractivity contribution >= 4 is 0 Å². The van der Waals surface area contributed by atoms with Crippen molar-refractivity contribution < 1.29 is 4.74 Å². The van der Waals surface area contributed by atoms with E-state index < -0.39 is 0 Å². The Kier molecular flexibility index (Phi) is 4.70. The van der Waals surface area contributed by atoms with Gasteiger partial charge in [-0.05, 0) is 20.8 Å². The fourth-order valence-electron chi connectivity index (χ4n) is 0.697. The second kappa shape index (κ2) is 5.08. The molecule has 0 aliphatic carbocycles. The van der Waals surface area contributed by atoms with Gasteiger partial charge in [0.1, 0.15) is 6.61 Å². The van der Waals surface area contributed by atoms with Crippen LogP contribution in [0.1, 0.15) is 20.8 Å². The Morgan fingerprint density at radius 3 is 2.70 bits per heavy atom. The van der Waals surface area contributed by atoms with Crippen LogP contribution in [0.25, 0.3) is 0 Å². The number of hydrogen-bond acceptors (Lipinski definition) is 1. The molecular formula is C9H14O. The lowest BCUT2D eigenvalue weighted by Crippen LogP contribution is -2.04. The molecule has 0 bridgehead atoms. The molecule has 1 atom stereocenters.